The van der Waals surface area contributed by atoms with Gasteiger partial charge in [-0.1, -0.05) is 67.2 Å². The molecule has 1 unspecified atom stereocenters. The Kier molecular flexibility index (Phi) is 5.75. The van der Waals surface area contributed by atoms with Crippen molar-refractivity contribution < 1.29 is 19.1 Å². The number of benzene rings is 2. The van der Waals surface area contributed by atoms with Crippen LogP contribution in [0.2, 0.25) is 0 Å². The molecule has 1 atom stereocenters. The number of carbonyl (C=O) groups excluding carboxylic acids is 2. The maximum absolute atomic E-state index is 12.7. The van der Waals surface area contributed by atoms with Crippen LogP contribution in [0.4, 0.5) is 4.79 Å². The van der Waals surface area contributed by atoms with Crippen LogP contribution < -0.4 is 0 Å². The van der Waals surface area contributed by atoms with Gasteiger partial charge in [-0.25, -0.2) is 4.79 Å². The normalized spacial score (nSPS) is 12.1. The number of Topliss-reactive ketones (excluding diaryl/α,β-unsaturated/α-hetero) is 1. The fourth-order valence-corrected chi connectivity index (χ4v) is 2.23. The van der Waals surface area contributed by atoms with Gasteiger partial charge < -0.3 is 9.47 Å². The topological polar surface area (TPSA) is 52.6 Å². The number of rotatable bonds is 5. The molecule has 0 spiro atoms. The maximum atomic E-state index is 12.7. The fourth-order valence-electron chi connectivity index (χ4n) is 2.23. The Morgan fingerprint density at radius 3 is 1.96 bits per heavy atom. The van der Waals surface area contributed by atoms with Gasteiger partial charge in [0.25, 0.3) is 0 Å². The molecule has 2 aromatic rings. The summed E-state index contributed by atoms with van der Waals surface area (Å²) < 4.78 is 10.6. The molecule has 2 rings (SSSR count). The Balaban J connectivity index is 2.27. The van der Waals surface area contributed by atoms with Crippen LogP contribution in [0.5, 0.6) is 0 Å². The maximum Gasteiger partial charge on any atom is 0.509 e. The van der Waals surface area contributed by atoms with Gasteiger partial charge in [0, 0.05) is 11.1 Å². The lowest BCUT2D eigenvalue weighted by atomic mass is 9.95. The van der Waals surface area contributed by atoms with Crippen molar-refractivity contribution in [3.05, 3.63) is 83.9 Å². The molecule has 2 aromatic carbocycles. The number of hydrogen-bond acceptors (Lipinski definition) is 4. The third kappa shape index (κ3) is 5.31. The van der Waals surface area contributed by atoms with Gasteiger partial charge in [0.2, 0.25) is 0 Å². The van der Waals surface area contributed by atoms with E-state index in [0.29, 0.717) is 11.1 Å². The number of carbonyl (C=O) groups is 2. The van der Waals surface area contributed by atoms with Gasteiger partial charge in [-0.3, -0.25) is 4.79 Å². The van der Waals surface area contributed by atoms with Gasteiger partial charge in [0.1, 0.15) is 5.60 Å². The molecule has 25 heavy (non-hydrogen) atoms. The first kappa shape index (κ1) is 18.5. The molecule has 0 aliphatic rings. The van der Waals surface area contributed by atoms with E-state index in [1.54, 1.807) is 69.3 Å². The highest BCUT2D eigenvalue weighted by atomic mass is 16.7. The second-order valence-electron chi connectivity index (χ2n) is 6.59. The standard InChI is InChI=1S/C21H22O4/c1-15(18(22)16-11-7-5-8-12-16)19(17-13-9-6-10-14-17)24-20(23)25-21(2,3)4/h5-14,19H,1H2,2-4H3. The zero-order valence-corrected chi connectivity index (χ0v) is 14.7. The van der Waals surface area contributed by atoms with Gasteiger partial charge in [-0.15, -0.1) is 0 Å². The Morgan fingerprint density at radius 2 is 1.44 bits per heavy atom. The van der Waals surface area contributed by atoms with E-state index in [0.717, 1.165) is 0 Å². The zero-order chi connectivity index (χ0) is 18.4. The largest absolute Gasteiger partial charge is 0.509 e. The Morgan fingerprint density at radius 1 is 0.920 bits per heavy atom. The van der Waals surface area contributed by atoms with Crippen LogP contribution in [0.1, 0.15) is 42.8 Å². The van der Waals surface area contributed by atoms with E-state index >= 15 is 0 Å². The molecule has 0 heterocycles. The van der Waals surface area contributed by atoms with Crippen LogP contribution in [0.25, 0.3) is 0 Å². The molecule has 0 amide bonds. The van der Waals surface area contributed by atoms with Crippen LogP contribution >= 0.6 is 0 Å². The van der Waals surface area contributed by atoms with Gasteiger partial charge >= 0.3 is 6.16 Å². The molecular weight excluding hydrogens is 316 g/mol. The van der Waals surface area contributed by atoms with Gasteiger partial charge in [-0.05, 0) is 26.3 Å². The molecule has 0 fully saturated rings. The summed E-state index contributed by atoms with van der Waals surface area (Å²) in [6, 6.07) is 17.8. The summed E-state index contributed by atoms with van der Waals surface area (Å²) in [6.45, 7) is 9.11. The molecule has 4 nitrogen and oxygen atoms in total. The molecule has 0 saturated heterocycles. The lowest BCUT2D eigenvalue weighted by Crippen LogP contribution is -2.26. The van der Waals surface area contributed by atoms with E-state index in [-0.39, 0.29) is 11.4 Å². The number of hydrogen-bond donors (Lipinski definition) is 0. The van der Waals surface area contributed by atoms with Crippen molar-refractivity contribution in [2.45, 2.75) is 32.5 Å². The third-order valence-electron chi connectivity index (χ3n) is 3.35. The lowest BCUT2D eigenvalue weighted by Gasteiger charge is -2.23. The summed E-state index contributed by atoms with van der Waals surface area (Å²) in [6.07, 6.45) is -1.76. The first-order chi connectivity index (χ1) is 11.8. The average molecular weight is 338 g/mol. The molecule has 130 valence electrons. The van der Waals surface area contributed by atoms with Crippen molar-refractivity contribution >= 4 is 11.9 Å². The molecule has 0 aliphatic heterocycles. The van der Waals surface area contributed by atoms with Crippen LogP contribution in [0.3, 0.4) is 0 Å². The number of ether oxygens (including phenoxy) is 2. The van der Waals surface area contributed by atoms with E-state index in [9.17, 15) is 9.59 Å². The third-order valence-corrected chi connectivity index (χ3v) is 3.35. The first-order valence-corrected chi connectivity index (χ1v) is 8.01. The minimum atomic E-state index is -0.913. The summed E-state index contributed by atoms with van der Waals surface area (Å²) >= 11 is 0. The fraction of sp³-hybridized carbons (Fsp3) is 0.238. The van der Waals surface area contributed by atoms with Gasteiger partial charge in [-0.2, -0.15) is 0 Å². The highest BCUT2D eigenvalue weighted by molar-refractivity contribution is 6.09. The first-order valence-electron chi connectivity index (χ1n) is 8.01. The minimum absolute atomic E-state index is 0.170. The summed E-state index contributed by atoms with van der Waals surface area (Å²) in [4.78, 5) is 24.8. The Bertz CT molecular complexity index is 742. The summed E-state index contributed by atoms with van der Waals surface area (Å²) in [5.74, 6) is -0.280. The average Bonchev–Trinajstić information content (AvgIpc) is 2.58. The number of ketones is 1. The second kappa shape index (κ2) is 7.79. The molecule has 4 heteroatoms. The highest BCUT2D eigenvalue weighted by Crippen LogP contribution is 2.28. The molecule has 0 N–H and O–H groups in total. The van der Waals surface area contributed by atoms with E-state index in [1.165, 1.54) is 0 Å². The zero-order valence-electron chi connectivity index (χ0n) is 14.7. The van der Waals surface area contributed by atoms with Crippen molar-refractivity contribution in [2.75, 3.05) is 0 Å². The Labute approximate surface area is 148 Å². The molecule has 0 saturated carbocycles. The van der Waals surface area contributed by atoms with Crippen molar-refractivity contribution in [3.63, 3.8) is 0 Å². The van der Waals surface area contributed by atoms with Crippen LogP contribution in [-0.4, -0.2) is 17.5 Å². The highest BCUT2D eigenvalue weighted by Gasteiger charge is 2.28. The van der Waals surface area contributed by atoms with Crippen molar-refractivity contribution in [1.82, 2.24) is 0 Å². The second-order valence-corrected chi connectivity index (χ2v) is 6.59. The van der Waals surface area contributed by atoms with Gasteiger partial charge in [0.15, 0.2) is 11.9 Å². The van der Waals surface area contributed by atoms with Crippen molar-refractivity contribution in [3.8, 4) is 0 Å². The van der Waals surface area contributed by atoms with Crippen LogP contribution in [0, 0.1) is 0 Å². The summed E-state index contributed by atoms with van der Waals surface area (Å²) in [5, 5.41) is 0. The summed E-state index contributed by atoms with van der Waals surface area (Å²) in [7, 11) is 0. The predicted octanol–water partition coefficient (Wildman–Crippen LogP) is 5.12. The summed E-state index contributed by atoms with van der Waals surface area (Å²) in [5.41, 5.74) is 0.621. The predicted molar refractivity (Wildman–Crippen MR) is 96.4 cm³/mol. The Hall–Kier alpha value is -2.88. The lowest BCUT2D eigenvalue weighted by molar-refractivity contribution is -0.0204. The van der Waals surface area contributed by atoms with Gasteiger partial charge in [0.05, 0.1) is 0 Å². The quantitative estimate of drug-likeness (QED) is 0.431. The smallest absolute Gasteiger partial charge is 0.429 e. The van der Waals surface area contributed by atoms with E-state index < -0.39 is 17.9 Å². The molecule has 0 aromatic heterocycles. The molecule has 0 bridgehead atoms. The SMILES string of the molecule is C=C(C(=O)c1ccccc1)C(OC(=O)OC(C)(C)C)c1ccccc1. The van der Waals surface area contributed by atoms with Crippen LogP contribution in [0.15, 0.2) is 72.8 Å². The van der Waals surface area contributed by atoms with Crippen molar-refractivity contribution in [1.29, 1.82) is 0 Å². The van der Waals surface area contributed by atoms with Crippen LogP contribution in [-0.2, 0) is 9.47 Å². The van der Waals surface area contributed by atoms with E-state index in [1.807, 2.05) is 12.1 Å². The molecule has 0 aliphatic carbocycles. The van der Waals surface area contributed by atoms with E-state index in [4.69, 9.17) is 9.47 Å². The monoisotopic (exact) mass is 338 g/mol. The molecule has 0 radical (unpaired) electrons. The minimum Gasteiger partial charge on any atom is -0.429 e. The molecular formula is C21H22O4. The van der Waals surface area contributed by atoms with Crippen molar-refractivity contribution in [2.24, 2.45) is 0 Å². The van der Waals surface area contributed by atoms with E-state index in [2.05, 4.69) is 6.58 Å².